The van der Waals surface area contributed by atoms with Crippen LogP contribution in [-0.2, 0) is 12.8 Å². The van der Waals surface area contributed by atoms with Crippen LogP contribution in [0.5, 0.6) is 0 Å². The van der Waals surface area contributed by atoms with Crippen molar-refractivity contribution < 1.29 is 19.7 Å². The standard InChI is InChI=1S/C29H46N2O.C11H14FN.C2H6.2CH4O/c1-5-8-13-25(4)29(12-6-2)24-31-23-26(7-3)17-20-30-19-10-9-14-27-15-11-16-28(22-27)18-21-32;1-4-9-13-10(3)11(5-2)7-6-8-12;3*1-2/h6,11-12,15-17,20,22,31-32H,5,7-10,13-14,18-19,21,23-24H2,1-4H3;4-10H,1-2H2,3H3;1-2H3;2*2H,1H3/b12-6-,26-17+,29-25-,30-20?;8-6+,11-7+,13-9?;;;. The molecule has 0 heterocycles. The topological polar surface area (TPSA) is 97.4 Å². The van der Waals surface area contributed by atoms with Crippen LogP contribution in [0.15, 0.2) is 119 Å². The number of halogens is 1. The molecule has 7 heteroatoms. The van der Waals surface area contributed by atoms with Crippen molar-refractivity contribution >= 4 is 12.4 Å². The molecule has 1 unspecified atom stereocenters. The van der Waals surface area contributed by atoms with Crippen molar-refractivity contribution in [2.24, 2.45) is 9.98 Å². The second kappa shape index (κ2) is 44.5. The molecule has 0 bridgehead atoms. The summed E-state index contributed by atoms with van der Waals surface area (Å²) in [4.78, 5) is 8.72. The maximum Gasteiger partial charge on any atom is 0.0867 e. The van der Waals surface area contributed by atoms with E-state index in [0.717, 1.165) is 71.5 Å². The zero-order chi connectivity index (χ0) is 39.5. The Hall–Kier alpha value is -3.49. The molecule has 0 aliphatic carbocycles. The van der Waals surface area contributed by atoms with Gasteiger partial charge in [-0.1, -0.05) is 113 Å². The van der Waals surface area contributed by atoms with E-state index in [1.807, 2.05) is 27.0 Å². The number of hydrogen-bond acceptors (Lipinski definition) is 6. The summed E-state index contributed by atoms with van der Waals surface area (Å²) in [5.41, 5.74) is 7.76. The van der Waals surface area contributed by atoms with Crippen LogP contribution in [0.1, 0.15) is 98.1 Å². The molecule has 0 spiro atoms. The molecule has 1 aromatic rings. The average molecular weight is 712 g/mol. The maximum absolute atomic E-state index is 11.7. The fraction of sp³-hybridized carbons (Fsp3) is 0.500. The molecule has 0 radical (unpaired) electrons. The van der Waals surface area contributed by atoms with E-state index in [2.05, 4.69) is 98.6 Å². The van der Waals surface area contributed by atoms with E-state index in [9.17, 15) is 4.39 Å². The Morgan fingerprint density at radius 1 is 0.961 bits per heavy atom. The summed E-state index contributed by atoms with van der Waals surface area (Å²) in [6, 6.07) is 8.54. The Labute approximate surface area is 312 Å². The first-order valence-electron chi connectivity index (χ1n) is 18.4. The lowest BCUT2D eigenvalue weighted by Gasteiger charge is -2.11. The molecule has 1 aromatic carbocycles. The number of aliphatic hydroxyl groups excluding tert-OH is 3. The Bertz CT molecular complexity index is 1160. The Morgan fingerprint density at radius 3 is 2.18 bits per heavy atom. The molecular formula is C44H74FN3O3. The number of aliphatic hydroxyl groups is 3. The molecule has 0 aromatic heterocycles. The molecule has 1 rings (SSSR count). The van der Waals surface area contributed by atoms with Gasteiger partial charge in [-0.15, -0.1) is 0 Å². The molecule has 0 saturated carbocycles. The molecule has 0 aliphatic rings. The predicted octanol–water partition coefficient (Wildman–Crippen LogP) is 10.1. The van der Waals surface area contributed by atoms with Gasteiger partial charge in [0.25, 0.3) is 0 Å². The molecular weight excluding hydrogens is 638 g/mol. The van der Waals surface area contributed by atoms with Gasteiger partial charge in [-0.2, -0.15) is 0 Å². The molecule has 51 heavy (non-hydrogen) atoms. The van der Waals surface area contributed by atoms with Gasteiger partial charge in [0.1, 0.15) is 0 Å². The number of benzene rings is 1. The molecule has 0 aliphatic heterocycles. The second-order valence-corrected chi connectivity index (χ2v) is 10.9. The Balaban J connectivity index is -0.000000484. The van der Waals surface area contributed by atoms with E-state index in [1.165, 1.54) is 53.2 Å². The minimum absolute atomic E-state index is 0.0216. The first-order valence-corrected chi connectivity index (χ1v) is 18.4. The van der Waals surface area contributed by atoms with Crippen LogP contribution in [0.2, 0.25) is 0 Å². The van der Waals surface area contributed by atoms with Crippen LogP contribution in [0.4, 0.5) is 4.39 Å². The van der Waals surface area contributed by atoms with Crippen LogP contribution in [0.3, 0.4) is 0 Å². The van der Waals surface area contributed by atoms with Gasteiger partial charge in [0, 0.05) is 52.9 Å². The SMILES string of the molecule is C/C=C\C(CNC/C(=C/C=NCCCCc1cccc(CCO)c1)CC)=C(/C)CCCC.C=CC=NC(C)/C(C=C)=C/C=C/F.CC.CO.CO. The molecule has 0 saturated heterocycles. The van der Waals surface area contributed by atoms with Gasteiger partial charge in [0.15, 0.2) is 0 Å². The third kappa shape index (κ3) is 33.4. The highest BCUT2D eigenvalue weighted by atomic mass is 19.1. The average Bonchev–Trinajstić information content (AvgIpc) is 3.17. The van der Waals surface area contributed by atoms with E-state index in [1.54, 1.807) is 24.4 Å². The highest BCUT2D eigenvalue weighted by Gasteiger charge is 2.02. The van der Waals surface area contributed by atoms with Gasteiger partial charge in [-0.25, -0.2) is 4.39 Å². The lowest BCUT2D eigenvalue weighted by molar-refractivity contribution is 0.299. The van der Waals surface area contributed by atoms with Crippen LogP contribution >= 0.6 is 0 Å². The summed E-state index contributed by atoms with van der Waals surface area (Å²) in [6.07, 6.45) is 25.6. The Morgan fingerprint density at radius 2 is 1.63 bits per heavy atom. The van der Waals surface area contributed by atoms with E-state index in [-0.39, 0.29) is 12.6 Å². The summed E-state index contributed by atoms with van der Waals surface area (Å²) in [6.45, 7) is 24.8. The lowest BCUT2D eigenvalue weighted by atomic mass is 10.0. The number of aliphatic imine (C=N–C) groups is 2. The van der Waals surface area contributed by atoms with Crippen molar-refractivity contribution in [3.8, 4) is 0 Å². The zero-order valence-corrected chi connectivity index (χ0v) is 33.7. The predicted molar refractivity (Wildman–Crippen MR) is 226 cm³/mol. The summed E-state index contributed by atoms with van der Waals surface area (Å²) in [7, 11) is 2.00. The van der Waals surface area contributed by atoms with E-state index in [0.29, 0.717) is 6.33 Å². The summed E-state index contributed by atoms with van der Waals surface area (Å²) >= 11 is 0. The molecule has 290 valence electrons. The highest BCUT2D eigenvalue weighted by molar-refractivity contribution is 5.72. The monoisotopic (exact) mass is 712 g/mol. The van der Waals surface area contributed by atoms with Gasteiger partial charge in [0.2, 0.25) is 0 Å². The number of aryl methyl sites for hydroxylation is 1. The number of hydrogen-bond donors (Lipinski definition) is 4. The van der Waals surface area contributed by atoms with Crippen molar-refractivity contribution in [1.29, 1.82) is 0 Å². The van der Waals surface area contributed by atoms with E-state index < -0.39 is 0 Å². The number of allylic oxidation sites excluding steroid dienone is 6. The van der Waals surface area contributed by atoms with Gasteiger partial charge in [0.05, 0.1) is 12.4 Å². The third-order valence-electron chi connectivity index (χ3n) is 7.25. The fourth-order valence-electron chi connectivity index (χ4n) is 4.45. The van der Waals surface area contributed by atoms with Crippen LogP contribution in [0.25, 0.3) is 0 Å². The fourth-order valence-corrected chi connectivity index (χ4v) is 4.45. The molecule has 6 nitrogen and oxygen atoms in total. The van der Waals surface area contributed by atoms with E-state index in [4.69, 9.17) is 15.3 Å². The largest absolute Gasteiger partial charge is 0.400 e. The summed E-state index contributed by atoms with van der Waals surface area (Å²) in [5.74, 6) is 0. The van der Waals surface area contributed by atoms with Gasteiger partial charge in [-0.3, -0.25) is 9.98 Å². The van der Waals surface area contributed by atoms with E-state index >= 15 is 0 Å². The summed E-state index contributed by atoms with van der Waals surface area (Å²) < 4.78 is 11.7. The number of unbranched alkanes of at least 4 members (excludes halogenated alkanes) is 2. The first-order chi connectivity index (χ1) is 24.9. The highest BCUT2D eigenvalue weighted by Crippen LogP contribution is 2.13. The molecule has 0 amide bonds. The van der Waals surface area contributed by atoms with Crippen molar-refractivity contribution in [2.45, 2.75) is 106 Å². The molecule has 1 atom stereocenters. The quantitative estimate of drug-likeness (QED) is 0.0547. The number of rotatable bonds is 22. The van der Waals surface area contributed by atoms with Crippen molar-refractivity contribution in [1.82, 2.24) is 5.32 Å². The minimum atomic E-state index is -0.0216. The Kier molecular flexibility index (Phi) is 47.4. The van der Waals surface area contributed by atoms with Crippen LogP contribution in [0, 0.1) is 0 Å². The first kappa shape index (κ1) is 54.3. The van der Waals surface area contributed by atoms with Gasteiger partial charge < -0.3 is 20.6 Å². The second-order valence-electron chi connectivity index (χ2n) is 10.9. The van der Waals surface area contributed by atoms with Gasteiger partial charge in [-0.05, 0) is 100 Å². The van der Waals surface area contributed by atoms with Crippen LogP contribution < -0.4 is 5.32 Å². The lowest BCUT2D eigenvalue weighted by Crippen LogP contribution is -2.20. The maximum atomic E-state index is 11.7. The normalized spacial score (nSPS) is 12.6. The van der Waals surface area contributed by atoms with Crippen molar-refractivity contribution in [3.63, 3.8) is 0 Å². The van der Waals surface area contributed by atoms with Crippen molar-refractivity contribution in [3.05, 3.63) is 120 Å². The number of nitrogens with one attached hydrogen (secondary N) is 1. The van der Waals surface area contributed by atoms with Crippen molar-refractivity contribution in [2.75, 3.05) is 40.5 Å². The zero-order valence-electron chi connectivity index (χ0n) is 33.7. The summed E-state index contributed by atoms with van der Waals surface area (Å²) in [5, 5.41) is 26.7. The smallest absolute Gasteiger partial charge is 0.0867 e. The number of nitrogens with zero attached hydrogens (tertiary/aromatic N) is 2. The minimum Gasteiger partial charge on any atom is -0.400 e. The van der Waals surface area contributed by atoms with Gasteiger partial charge >= 0.3 is 0 Å². The molecule has 4 N–H and O–H groups in total. The molecule has 0 fully saturated rings. The third-order valence-corrected chi connectivity index (χ3v) is 7.25. The van der Waals surface area contributed by atoms with Crippen LogP contribution in [-0.4, -0.2) is 74.3 Å².